The molecule has 13 heavy (non-hydrogen) atoms. The van der Waals surface area contributed by atoms with E-state index in [0.29, 0.717) is 13.0 Å². The van der Waals surface area contributed by atoms with Gasteiger partial charge in [0.25, 0.3) is 0 Å². The third-order valence-corrected chi connectivity index (χ3v) is 3.70. The van der Waals surface area contributed by atoms with Crippen molar-refractivity contribution >= 4 is 17.7 Å². The van der Waals surface area contributed by atoms with Crippen molar-refractivity contribution in [2.45, 2.75) is 44.3 Å². The first-order valence-corrected chi connectivity index (χ1v) is 6.15. The summed E-state index contributed by atoms with van der Waals surface area (Å²) in [5.74, 6) is 1.27. The van der Waals surface area contributed by atoms with Crippen LogP contribution in [0, 0.1) is 0 Å². The fourth-order valence-electron chi connectivity index (χ4n) is 1.58. The Morgan fingerprint density at radius 2 is 2.46 bits per heavy atom. The molecule has 0 amide bonds. The minimum atomic E-state index is -0.0366. The van der Waals surface area contributed by atoms with Crippen molar-refractivity contribution in [1.29, 1.82) is 0 Å². The molecule has 0 aliphatic carbocycles. The third kappa shape index (κ3) is 4.55. The number of carbonyl (C=O) groups excluding carboxylic acids is 1. The minimum absolute atomic E-state index is 0.0366. The van der Waals surface area contributed by atoms with E-state index >= 15 is 0 Å². The standard InChI is InChI=1S/C10H18O2S/c1-2-12-10(11)7-3-5-9-6-4-8-13-9/h9H,2-8H2,1H3. The maximum atomic E-state index is 11.0. The first-order valence-electron chi connectivity index (χ1n) is 5.10. The number of rotatable bonds is 5. The Balaban J connectivity index is 1.96. The molecule has 0 saturated carbocycles. The van der Waals surface area contributed by atoms with Crippen LogP contribution in [0.2, 0.25) is 0 Å². The van der Waals surface area contributed by atoms with E-state index in [1.807, 2.05) is 6.92 Å². The van der Waals surface area contributed by atoms with E-state index in [1.54, 1.807) is 0 Å². The molecule has 1 atom stereocenters. The molecule has 0 aromatic rings. The molecular weight excluding hydrogens is 184 g/mol. The van der Waals surface area contributed by atoms with Crippen molar-refractivity contribution in [3.63, 3.8) is 0 Å². The van der Waals surface area contributed by atoms with E-state index in [4.69, 9.17) is 4.74 Å². The molecule has 0 radical (unpaired) electrons. The average molecular weight is 202 g/mol. The predicted octanol–water partition coefficient (Wildman–Crippen LogP) is 2.62. The normalized spacial score (nSPS) is 21.8. The van der Waals surface area contributed by atoms with Crippen LogP contribution >= 0.6 is 11.8 Å². The van der Waals surface area contributed by atoms with Gasteiger partial charge < -0.3 is 4.74 Å². The molecule has 1 aliphatic rings. The molecule has 76 valence electrons. The molecule has 1 aliphatic heterocycles. The van der Waals surface area contributed by atoms with E-state index in [9.17, 15) is 4.79 Å². The second-order valence-electron chi connectivity index (χ2n) is 3.33. The fourth-order valence-corrected chi connectivity index (χ4v) is 2.91. The van der Waals surface area contributed by atoms with Gasteiger partial charge in [0, 0.05) is 11.7 Å². The summed E-state index contributed by atoms with van der Waals surface area (Å²) < 4.78 is 4.86. The molecule has 0 bridgehead atoms. The molecule has 1 fully saturated rings. The van der Waals surface area contributed by atoms with Gasteiger partial charge in [-0.25, -0.2) is 0 Å². The van der Waals surface area contributed by atoms with E-state index in [1.165, 1.54) is 25.0 Å². The van der Waals surface area contributed by atoms with Crippen LogP contribution in [0.5, 0.6) is 0 Å². The number of carbonyl (C=O) groups is 1. The fraction of sp³-hybridized carbons (Fsp3) is 0.900. The highest BCUT2D eigenvalue weighted by atomic mass is 32.2. The van der Waals surface area contributed by atoms with E-state index in [-0.39, 0.29) is 5.97 Å². The summed E-state index contributed by atoms with van der Waals surface area (Å²) in [5, 5.41) is 0.814. The third-order valence-electron chi connectivity index (χ3n) is 2.24. The van der Waals surface area contributed by atoms with Gasteiger partial charge in [-0.1, -0.05) is 0 Å². The summed E-state index contributed by atoms with van der Waals surface area (Å²) >= 11 is 2.06. The SMILES string of the molecule is CCOC(=O)CCCC1CCCS1. The molecule has 1 saturated heterocycles. The van der Waals surface area contributed by atoms with Gasteiger partial charge in [0.2, 0.25) is 0 Å². The Labute approximate surface area is 84.4 Å². The lowest BCUT2D eigenvalue weighted by atomic mass is 10.1. The van der Waals surface area contributed by atoms with Crippen LogP contribution in [0.25, 0.3) is 0 Å². The highest BCUT2D eigenvalue weighted by Crippen LogP contribution is 2.29. The number of hydrogen-bond acceptors (Lipinski definition) is 3. The molecule has 2 nitrogen and oxygen atoms in total. The first kappa shape index (κ1) is 10.9. The summed E-state index contributed by atoms with van der Waals surface area (Å²) in [6.45, 7) is 2.36. The largest absolute Gasteiger partial charge is 0.466 e. The Bertz CT molecular complexity index is 153. The Kier molecular flexibility index (Phi) is 5.28. The van der Waals surface area contributed by atoms with Crippen LogP contribution in [0.1, 0.15) is 39.0 Å². The van der Waals surface area contributed by atoms with Crippen LogP contribution in [0.4, 0.5) is 0 Å². The zero-order valence-electron chi connectivity index (χ0n) is 8.25. The summed E-state index contributed by atoms with van der Waals surface area (Å²) in [6.07, 6.45) is 5.48. The van der Waals surface area contributed by atoms with Gasteiger partial charge in [0.05, 0.1) is 6.61 Å². The number of hydrogen-bond donors (Lipinski definition) is 0. The van der Waals surface area contributed by atoms with Gasteiger partial charge in [-0.05, 0) is 38.4 Å². The zero-order valence-corrected chi connectivity index (χ0v) is 9.07. The average Bonchev–Trinajstić information content (AvgIpc) is 2.57. The monoisotopic (exact) mass is 202 g/mol. The second-order valence-corrected chi connectivity index (χ2v) is 4.74. The van der Waals surface area contributed by atoms with Crippen molar-refractivity contribution in [2.24, 2.45) is 0 Å². The molecule has 1 rings (SSSR count). The molecule has 0 N–H and O–H groups in total. The Hall–Kier alpha value is -0.180. The van der Waals surface area contributed by atoms with Crippen molar-refractivity contribution in [2.75, 3.05) is 12.4 Å². The quantitative estimate of drug-likeness (QED) is 0.641. The van der Waals surface area contributed by atoms with Gasteiger partial charge in [-0.3, -0.25) is 4.79 Å². The summed E-state index contributed by atoms with van der Waals surface area (Å²) in [7, 11) is 0. The van der Waals surface area contributed by atoms with Gasteiger partial charge in [0.1, 0.15) is 0 Å². The van der Waals surface area contributed by atoms with Crippen LogP contribution in [0.3, 0.4) is 0 Å². The van der Waals surface area contributed by atoms with Crippen molar-refractivity contribution in [3.05, 3.63) is 0 Å². The van der Waals surface area contributed by atoms with E-state index in [0.717, 1.165) is 11.7 Å². The van der Waals surface area contributed by atoms with Gasteiger partial charge in [0.15, 0.2) is 0 Å². The van der Waals surface area contributed by atoms with Crippen molar-refractivity contribution in [1.82, 2.24) is 0 Å². The smallest absolute Gasteiger partial charge is 0.305 e. The highest BCUT2D eigenvalue weighted by molar-refractivity contribution is 8.00. The lowest BCUT2D eigenvalue weighted by Gasteiger charge is -2.06. The molecule has 0 aromatic heterocycles. The molecular formula is C10H18O2S. The maximum Gasteiger partial charge on any atom is 0.305 e. The van der Waals surface area contributed by atoms with Crippen LogP contribution in [-0.4, -0.2) is 23.6 Å². The predicted molar refractivity (Wildman–Crippen MR) is 56.0 cm³/mol. The molecule has 1 heterocycles. The topological polar surface area (TPSA) is 26.3 Å². The zero-order chi connectivity index (χ0) is 9.52. The van der Waals surface area contributed by atoms with Gasteiger partial charge in [-0.15, -0.1) is 0 Å². The number of thioether (sulfide) groups is 1. The Morgan fingerprint density at radius 1 is 1.62 bits per heavy atom. The van der Waals surface area contributed by atoms with E-state index in [2.05, 4.69) is 11.8 Å². The lowest BCUT2D eigenvalue weighted by Crippen LogP contribution is -2.05. The highest BCUT2D eigenvalue weighted by Gasteiger charge is 2.15. The van der Waals surface area contributed by atoms with Crippen LogP contribution in [0.15, 0.2) is 0 Å². The first-order chi connectivity index (χ1) is 6.33. The Morgan fingerprint density at radius 3 is 3.08 bits per heavy atom. The van der Waals surface area contributed by atoms with Crippen LogP contribution < -0.4 is 0 Å². The second kappa shape index (κ2) is 6.30. The summed E-state index contributed by atoms with van der Waals surface area (Å²) in [4.78, 5) is 11.0. The van der Waals surface area contributed by atoms with E-state index < -0.39 is 0 Å². The summed E-state index contributed by atoms with van der Waals surface area (Å²) in [6, 6.07) is 0. The number of ether oxygens (including phenoxy) is 1. The van der Waals surface area contributed by atoms with Crippen molar-refractivity contribution in [3.8, 4) is 0 Å². The van der Waals surface area contributed by atoms with Crippen molar-refractivity contribution < 1.29 is 9.53 Å². The maximum absolute atomic E-state index is 11.0. The lowest BCUT2D eigenvalue weighted by molar-refractivity contribution is -0.143. The minimum Gasteiger partial charge on any atom is -0.466 e. The molecule has 0 spiro atoms. The van der Waals surface area contributed by atoms with Gasteiger partial charge >= 0.3 is 5.97 Å². The molecule has 1 unspecified atom stereocenters. The number of esters is 1. The summed E-state index contributed by atoms with van der Waals surface area (Å²) in [5.41, 5.74) is 0. The molecule has 0 aromatic carbocycles. The molecule has 3 heteroatoms. The van der Waals surface area contributed by atoms with Gasteiger partial charge in [-0.2, -0.15) is 11.8 Å². The van der Waals surface area contributed by atoms with Crippen LogP contribution in [-0.2, 0) is 9.53 Å².